The Morgan fingerprint density at radius 1 is 1.17 bits per heavy atom. The number of fused-ring (bicyclic) bond motifs is 1. The van der Waals surface area contributed by atoms with Crippen molar-refractivity contribution in [2.24, 2.45) is 5.18 Å². The summed E-state index contributed by atoms with van der Waals surface area (Å²) in [7, 11) is 1.56. The van der Waals surface area contributed by atoms with Crippen LogP contribution in [0.5, 0.6) is 17.5 Å². The third-order valence-electron chi connectivity index (χ3n) is 5.49. The summed E-state index contributed by atoms with van der Waals surface area (Å²) in [6.45, 7) is 0.388. The van der Waals surface area contributed by atoms with Gasteiger partial charge in [0.25, 0.3) is 5.91 Å². The number of nitroso groups, excluding NO2 is 1. The van der Waals surface area contributed by atoms with Crippen LogP contribution in [0.2, 0.25) is 5.02 Å². The second-order valence-corrected chi connectivity index (χ2v) is 9.80. The smallest absolute Gasteiger partial charge is 0.303 e. The standard InChI is InChI=1S/C24H22ClIN4O5/c1-34-17-4-2-5-18(12-17)35-24-28-20-13-19(26)22(31)29(11-3-10-27-33)23(32)21(20)30(24)14-15-6-8-16(25)9-7-15/h2,4-9,12,19H,3,10-11,13-14H2,1H3. The van der Waals surface area contributed by atoms with E-state index in [9.17, 15) is 14.5 Å². The molecule has 0 bridgehead atoms. The normalized spacial score (nSPS) is 15.5. The zero-order chi connectivity index (χ0) is 24.9. The van der Waals surface area contributed by atoms with E-state index >= 15 is 0 Å². The lowest BCUT2D eigenvalue weighted by Gasteiger charge is -2.21. The minimum atomic E-state index is -0.495. The van der Waals surface area contributed by atoms with Gasteiger partial charge in [-0.25, -0.2) is 0 Å². The predicted molar refractivity (Wildman–Crippen MR) is 139 cm³/mol. The van der Waals surface area contributed by atoms with Crippen molar-refractivity contribution < 1.29 is 19.1 Å². The summed E-state index contributed by atoms with van der Waals surface area (Å²) >= 11 is 8.07. The highest BCUT2D eigenvalue weighted by atomic mass is 127. The SMILES string of the molecule is COc1cccc(Oc2nc3c(n2Cc2ccc(Cl)cc2)C(=O)N(CCCN=O)C(=O)C(I)C3)c1. The van der Waals surface area contributed by atoms with E-state index in [-0.39, 0.29) is 50.1 Å². The summed E-state index contributed by atoms with van der Waals surface area (Å²) < 4.78 is 12.6. The molecule has 0 saturated carbocycles. The molecule has 1 atom stereocenters. The van der Waals surface area contributed by atoms with E-state index in [1.54, 1.807) is 48.1 Å². The second-order valence-electron chi connectivity index (χ2n) is 7.86. The molecule has 2 amide bonds. The Kier molecular flexibility index (Phi) is 8.01. The van der Waals surface area contributed by atoms with Gasteiger partial charge in [0.2, 0.25) is 5.91 Å². The first kappa shape index (κ1) is 25.1. The van der Waals surface area contributed by atoms with Gasteiger partial charge in [-0.2, -0.15) is 9.89 Å². The van der Waals surface area contributed by atoms with E-state index in [1.165, 1.54) is 4.90 Å². The van der Waals surface area contributed by atoms with Gasteiger partial charge in [0.15, 0.2) is 0 Å². The van der Waals surface area contributed by atoms with Crippen molar-refractivity contribution in [1.82, 2.24) is 14.5 Å². The molecule has 9 nitrogen and oxygen atoms in total. The minimum Gasteiger partial charge on any atom is -0.497 e. The maximum absolute atomic E-state index is 13.7. The first-order chi connectivity index (χ1) is 16.9. The van der Waals surface area contributed by atoms with Gasteiger partial charge >= 0.3 is 6.01 Å². The number of ether oxygens (including phenoxy) is 2. The Bertz CT molecular complexity index is 1250. The second kappa shape index (κ2) is 11.2. The first-order valence-electron chi connectivity index (χ1n) is 10.9. The van der Waals surface area contributed by atoms with Gasteiger partial charge in [-0.3, -0.25) is 19.1 Å². The van der Waals surface area contributed by atoms with Crippen LogP contribution in [0.4, 0.5) is 0 Å². The lowest BCUT2D eigenvalue weighted by molar-refractivity contribution is -0.127. The van der Waals surface area contributed by atoms with Gasteiger partial charge in [-0.1, -0.05) is 57.6 Å². The van der Waals surface area contributed by atoms with Crippen molar-refractivity contribution in [2.45, 2.75) is 23.3 Å². The Labute approximate surface area is 220 Å². The number of nitrogens with zero attached hydrogens (tertiary/aromatic N) is 4. The Hall–Kier alpha value is -2.99. The topological polar surface area (TPSA) is 103 Å². The van der Waals surface area contributed by atoms with Crippen molar-refractivity contribution in [1.29, 1.82) is 0 Å². The number of aromatic nitrogens is 2. The Balaban J connectivity index is 1.79. The molecule has 4 rings (SSSR count). The van der Waals surface area contributed by atoms with Crippen LogP contribution in [0.15, 0.2) is 53.7 Å². The number of imide groups is 1. The monoisotopic (exact) mass is 608 g/mol. The summed E-state index contributed by atoms with van der Waals surface area (Å²) in [5.74, 6) is 0.319. The van der Waals surface area contributed by atoms with E-state index in [0.29, 0.717) is 22.2 Å². The van der Waals surface area contributed by atoms with Crippen molar-refractivity contribution in [2.75, 3.05) is 20.2 Å². The molecule has 0 N–H and O–H groups in total. The average Bonchev–Trinajstić information content (AvgIpc) is 3.14. The van der Waals surface area contributed by atoms with Crippen molar-refractivity contribution >= 4 is 46.0 Å². The number of amides is 2. The molecule has 2 heterocycles. The summed E-state index contributed by atoms with van der Waals surface area (Å²) in [4.78, 5) is 43.0. The van der Waals surface area contributed by atoms with Crippen LogP contribution < -0.4 is 9.47 Å². The molecule has 0 spiro atoms. The molecule has 1 aliphatic heterocycles. The van der Waals surface area contributed by atoms with Gasteiger partial charge in [-0.05, 0) is 36.2 Å². The number of halogens is 2. The molecule has 0 saturated heterocycles. The molecule has 2 aromatic carbocycles. The van der Waals surface area contributed by atoms with Crippen molar-refractivity contribution in [3.05, 3.63) is 75.4 Å². The van der Waals surface area contributed by atoms with Crippen molar-refractivity contribution in [3.8, 4) is 17.5 Å². The highest BCUT2D eigenvalue weighted by molar-refractivity contribution is 14.1. The number of rotatable bonds is 9. The average molecular weight is 609 g/mol. The number of carbonyl (C=O) groups is 2. The van der Waals surface area contributed by atoms with Gasteiger partial charge in [0.05, 0.1) is 29.8 Å². The van der Waals surface area contributed by atoms with E-state index in [4.69, 9.17) is 21.1 Å². The van der Waals surface area contributed by atoms with Gasteiger partial charge in [-0.15, -0.1) is 0 Å². The predicted octanol–water partition coefficient (Wildman–Crippen LogP) is 4.87. The fourth-order valence-corrected chi connectivity index (χ4v) is 4.67. The lowest BCUT2D eigenvalue weighted by Crippen LogP contribution is -2.41. The molecule has 1 unspecified atom stereocenters. The Morgan fingerprint density at radius 2 is 1.91 bits per heavy atom. The quantitative estimate of drug-likeness (QED) is 0.113. The molecular formula is C24H22ClIN4O5. The molecule has 3 aromatic rings. The maximum Gasteiger partial charge on any atom is 0.303 e. The molecule has 1 aromatic heterocycles. The molecule has 11 heteroatoms. The van der Waals surface area contributed by atoms with Crippen LogP contribution in [0.3, 0.4) is 0 Å². The van der Waals surface area contributed by atoms with E-state index in [2.05, 4.69) is 10.2 Å². The van der Waals surface area contributed by atoms with Crippen LogP contribution >= 0.6 is 34.2 Å². The first-order valence-corrected chi connectivity index (χ1v) is 12.5. The van der Waals surface area contributed by atoms with Gasteiger partial charge in [0, 0.05) is 24.1 Å². The molecule has 182 valence electrons. The third kappa shape index (κ3) is 5.64. The molecule has 0 fully saturated rings. The highest BCUT2D eigenvalue weighted by Gasteiger charge is 2.38. The molecule has 35 heavy (non-hydrogen) atoms. The molecule has 1 aliphatic rings. The van der Waals surface area contributed by atoms with Crippen LogP contribution in [-0.4, -0.2) is 50.4 Å². The number of imidazole rings is 1. The summed E-state index contributed by atoms with van der Waals surface area (Å²) in [5, 5.41) is 3.44. The largest absolute Gasteiger partial charge is 0.497 e. The summed E-state index contributed by atoms with van der Waals surface area (Å²) in [6, 6.07) is 14.5. The summed E-state index contributed by atoms with van der Waals surface area (Å²) in [5.41, 5.74) is 1.63. The number of carbonyl (C=O) groups excluding carboxylic acids is 2. The van der Waals surface area contributed by atoms with Crippen LogP contribution in [-0.2, 0) is 17.8 Å². The van der Waals surface area contributed by atoms with Crippen LogP contribution in [0.1, 0.15) is 28.2 Å². The van der Waals surface area contributed by atoms with Gasteiger partial charge < -0.3 is 9.47 Å². The minimum absolute atomic E-state index is 0.0179. The number of hydrogen-bond acceptors (Lipinski definition) is 7. The van der Waals surface area contributed by atoms with E-state index < -0.39 is 9.83 Å². The summed E-state index contributed by atoms with van der Waals surface area (Å²) in [6.07, 6.45) is 0.559. The van der Waals surface area contributed by atoms with E-state index in [0.717, 1.165) is 5.56 Å². The fraction of sp³-hybridized carbons (Fsp3) is 0.292. The fourth-order valence-electron chi connectivity index (χ4n) is 3.79. The van der Waals surface area contributed by atoms with Crippen LogP contribution in [0, 0.1) is 4.91 Å². The Morgan fingerprint density at radius 3 is 2.63 bits per heavy atom. The number of alkyl halides is 1. The number of methoxy groups -OCH3 is 1. The molecule has 0 radical (unpaired) electrons. The van der Waals surface area contributed by atoms with Gasteiger partial charge in [0.1, 0.15) is 17.2 Å². The highest BCUT2D eigenvalue weighted by Crippen LogP contribution is 2.32. The van der Waals surface area contributed by atoms with E-state index in [1.807, 2.05) is 34.7 Å². The number of benzene rings is 2. The maximum atomic E-state index is 13.7. The molecular weight excluding hydrogens is 587 g/mol. The third-order valence-corrected chi connectivity index (χ3v) is 6.72. The van der Waals surface area contributed by atoms with Crippen molar-refractivity contribution in [3.63, 3.8) is 0 Å². The molecule has 0 aliphatic carbocycles. The zero-order valence-electron chi connectivity index (χ0n) is 18.8. The van der Waals surface area contributed by atoms with Crippen LogP contribution in [0.25, 0.3) is 0 Å². The lowest BCUT2D eigenvalue weighted by atomic mass is 10.2. The number of hydrogen-bond donors (Lipinski definition) is 0. The zero-order valence-corrected chi connectivity index (χ0v) is 21.7.